The van der Waals surface area contributed by atoms with Gasteiger partial charge in [0, 0.05) is 12.5 Å². The van der Waals surface area contributed by atoms with Gasteiger partial charge < -0.3 is 4.42 Å². The van der Waals surface area contributed by atoms with Crippen molar-refractivity contribution in [2.24, 2.45) is 0 Å². The maximum absolute atomic E-state index is 11.1. The van der Waals surface area contributed by atoms with Crippen LogP contribution in [0.15, 0.2) is 10.5 Å². The molecular formula is C10H12O2. The van der Waals surface area contributed by atoms with Gasteiger partial charge in [0.1, 0.15) is 5.76 Å². The highest BCUT2D eigenvalue weighted by molar-refractivity contribution is 5.93. The average Bonchev–Trinajstić information content (AvgIpc) is 2.75. The molecule has 64 valence electrons. The fraction of sp³-hybridized carbons (Fsp3) is 0.500. The lowest BCUT2D eigenvalue weighted by atomic mass is 10.1. The van der Waals surface area contributed by atoms with E-state index in [0.29, 0.717) is 11.7 Å². The maximum atomic E-state index is 11.1. The van der Waals surface area contributed by atoms with Crippen LogP contribution in [0, 0.1) is 6.92 Å². The predicted octanol–water partition coefficient (Wildman–Crippen LogP) is 2.67. The van der Waals surface area contributed by atoms with Crippen LogP contribution in [0.25, 0.3) is 0 Å². The molecule has 2 heteroatoms. The highest BCUT2D eigenvalue weighted by Crippen LogP contribution is 2.42. The van der Waals surface area contributed by atoms with E-state index in [9.17, 15) is 4.79 Å². The molecule has 0 saturated heterocycles. The first-order valence-electron chi connectivity index (χ1n) is 4.29. The number of ketones is 1. The number of aryl methyl sites for hydroxylation is 1. The minimum absolute atomic E-state index is 0.0463. The van der Waals surface area contributed by atoms with Gasteiger partial charge in [0.2, 0.25) is 0 Å². The zero-order valence-electron chi connectivity index (χ0n) is 7.39. The van der Waals surface area contributed by atoms with Gasteiger partial charge in [-0.1, -0.05) is 0 Å². The van der Waals surface area contributed by atoms with E-state index in [4.69, 9.17) is 4.42 Å². The van der Waals surface area contributed by atoms with Crippen molar-refractivity contribution in [1.29, 1.82) is 0 Å². The SMILES string of the molecule is CC(=O)c1oc(C)cc1C1CC1. The van der Waals surface area contributed by atoms with E-state index in [0.717, 1.165) is 11.3 Å². The van der Waals surface area contributed by atoms with Gasteiger partial charge in [-0.2, -0.15) is 0 Å². The van der Waals surface area contributed by atoms with Crippen LogP contribution in [0.1, 0.15) is 47.6 Å². The number of carbonyl (C=O) groups excluding carboxylic acids is 1. The molecule has 0 aromatic carbocycles. The highest BCUT2D eigenvalue weighted by Gasteiger charge is 2.29. The Balaban J connectivity index is 2.43. The summed E-state index contributed by atoms with van der Waals surface area (Å²) in [6, 6.07) is 1.99. The molecule has 1 aromatic heterocycles. The summed E-state index contributed by atoms with van der Waals surface area (Å²) in [5, 5.41) is 0. The summed E-state index contributed by atoms with van der Waals surface area (Å²) in [6.45, 7) is 3.45. The lowest BCUT2D eigenvalue weighted by Gasteiger charge is -1.93. The summed E-state index contributed by atoms with van der Waals surface area (Å²) in [5.41, 5.74) is 1.12. The lowest BCUT2D eigenvalue weighted by molar-refractivity contribution is 0.0984. The predicted molar refractivity (Wildman–Crippen MR) is 45.4 cm³/mol. The van der Waals surface area contributed by atoms with Gasteiger partial charge in [0.05, 0.1) is 0 Å². The molecule has 1 aromatic rings. The molecule has 0 atom stereocenters. The topological polar surface area (TPSA) is 30.2 Å². The van der Waals surface area contributed by atoms with Crippen LogP contribution in [-0.4, -0.2) is 5.78 Å². The Kier molecular flexibility index (Phi) is 1.56. The molecule has 0 unspecified atom stereocenters. The number of hydrogen-bond acceptors (Lipinski definition) is 2. The van der Waals surface area contributed by atoms with E-state index in [1.165, 1.54) is 12.8 Å². The molecular weight excluding hydrogens is 152 g/mol. The van der Waals surface area contributed by atoms with Crippen LogP contribution >= 0.6 is 0 Å². The van der Waals surface area contributed by atoms with Crippen molar-refractivity contribution in [1.82, 2.24) is 0 Å². The van der Waals surface area contributed by atoms with Crippen LogP contribution in [0.3, 0.4) is 0 Å². The van der Waals surface area contributed by atoms with E-state index in [2.05, 4.69) is 0 Å². The van der Waals surface area contributed by atoms with Crippen LogP contribution in [0.5, 0.6) is 0 Å². The molecule has 0 aliphatic heterocycles. The molecule has 0 N–H and O–H groups in total. The van der Waals surface area contributed by atoms with Crippen molar-refractivity contribution in [3.8, 4) is 0 Å². The second-order valence-electron chi connectivity index (χ2n) is 3.47. The summed E-state index contributed by atoms with van der Waals surface area (Å²) in [7, 11) is 0. The molecule has 1 heterocycles. The molecule has 2 nitrogen and oxygen atoms in total. The van der Waals surface area contributed by atoms with Crippen molar-refractivity contribution in [3.63, 3.8) is 0 Å². The van der Waals surface area contributed by atoms with E-state index in [1.807, 2.05) is 13.0 Å². The molecule has 0 spiro atoms. The fourth-order valence-electron chi connectivity index (χ4n) is 1.51. The van der Waals surface area contributed by atoms with Crippen molar-refractivity contribution in [2.45, 2.75) is 32.6 Å². The summed E-state index contributed by atoms with van der Waals surface area (Å²) < 4.78 is 5.33. The van der Waals surface area contributed by atoms with Crippen LogP contribution in [-0.2, 0) is 0 Å². The Morgan fingerprint density at radius 3 is 2.75 bits per heavy atom. The molecule has 1 saturated carbocycles. The van der Waals surface area contributed by atoms with Crippen LogP contribution in [0.4, 0.5) is 0 Å². The van der Waals surface area contributed by atoms with Crippen molar-refractivity contribution in [3.05, 3.63) is 23.2 Å². The number of hydrogen-bond donors (Lipinski definition) is 0. The Bertz CT molecular complexity index is 319. The van der Waals surface area contributed by atoms with Gasteiger partial charge >= 0.3 is 0 Å². The van der Waals surface area contributed by atoms with E-state index >= 15 is 0 Å². The van der Waals surface area contributed by atoms with Gasteiger partial charge in [-0.15, -0.1) is 0 Å². The number of carbonyl (C=O) groups is 1. The first-order chi connectivity index (χ1) is 5.68. The quantitative estimate of drug-likeness (QED) is 0.629. The zero-order chi connectivity index (χ0) is 8.72. The summed E-state index contributed by atoms with van der Waals surface area (Å²) >= 11 is 0. The minimum atomic E-state index is 0.0463. The van der Waals surface area contributed by atoms with Crippen molar-refractivity contribution < 1.29 is 9.21 Å². The van der Waals surface area contributed by atoms with E-state index in [-0.39, 0.29) is 5.78 Å². The third-order valence-electron chi connectivity index (χ3n) is 2.22. The second kappa shape index (κ2) is 2.47. The van der Waals surface area contributed by atoms with Gasteiger partial charge in [-0.05, 0) is 31.7 Å². The van der Waals surface area contributed by atoms with Gasteiger partial charge in [0.25, 0.3) is 0 Å². The van der Waals surface area contributed by atoms with Crippen LogP contribution in [0.2, 0.25) is 0 Å². The third-order valence-corrected chi connectivity index (χ3v) is 2.22. The Morgan fingerprint density at radius 2 is 2.25 bits per heavy atom. The summed E-state index contributed by atoms with van der Waals surface area (Å²) in [6.07, 6.45) is 2.42. The molecule has 1 aliphatic rings. The first-order valence-corrected chi connectivity index (χ1v) is 4.29. The third kappa shape index (κ3) is 1.17. The van der Waals surface area contributed by atoms with E-state index < -0.39 is 0 Å². The second-order valence-corrected chi connectivity index (χ2v) is 3.47. The number of Topliss-reactive ketones (excluding diaryl/α,β-unsaturated/α-hetero) is 1. The molecule has 1 aliphatic carbocycles. The Hall–Kier alpha value is -1.05. The molecule has 0 radical (unpaired) electrons. The minimum Gasteiger partial charge on any atom is -0.458 e. The largest absolute Gasteiger partial charge is 0.458 e. The maximum Gasteiger partial charge on any atom is 0.195 e. The fourth-order valence-corrected chi connectivity index (χ4v) is 1.51. The molecule has 1 fully saturated rings. The first kappa shape index (κ1) is 7.59. The molecule has 0 amide bonds. The van der Waals surface area contributed by atoms with Crippen LogP contribution < -0.4 is 0 Å². The molecule has 12 heavy (non-hydrogen) atoms. The number of furan rings is 1. The van der Waals surface area contributed by atoms with Crippen molar-refractivity contribution in [2.75, 3.05) is 0 Å². The smallest absolute Gasteiger partial charge is 0.195 e. The van der Waals surface area contributed by atoms with Gasteiger partial charge in [-0.3, -0.25) is 4.79 Å². The molecule has 2 rings (SSSR count). The highest BCUT2D eigenvalue weighted by atomic mass is 16.3. The monoisotopic (exact) mass is 164 g/mol. The van der Waals surface area contributed by atoms with Gasteiger partial charge in [-0.25, -0.2) is 0 Å². The Labute approximate surface area is 71.6 Å². The summed E-state index contributed by atoms with van der Waals surface area (Å²) in [5.74, 6) is 2.07. The van der Waals surface area contributed by atoms with Crippen molar-refractivity contribution >= 4 is 5.78 Å². The lowest BCUT2D eigenvalue weighted by Crippen LogP contribution is -1.93. The normalized spacial score (nSPS) is 16.5. The van der Waals surface area contributed by atoms with E-state index in [1.54, 1.807) is 6.92 Å². The zero-order valence-corrected chi connectivity index (χ0v) is 7.39. The average molecular weight is 164 g/mol. The standard InChI is InChI=1S/C10H12O2/c1-6-5-9(8-3-4-8)10(12-6)7(2)11/h5,8H,3-4H2,1-2H3. The number of rotatable bonds is 2. The Morgan fingerprint density at radius 1 is 1.58 bits per heavy atom. The molecule has 0 bridgehead atoms. The summed E-state index contributed by atoms with van der Waals surface area (Å²) in [4.78, 5) is 11.1. The van der Waals surface area contributed by atoms with Gasteiger partial charge in [0.15, 0.2) is 11.5 Å².